The average molecular weight is 619 g/mol. The van der Waals surface area contributed by atoms with Crippen molar-refractivity contribution in [3.63, 3.8) is 0 Å². The van der Waals surface area contributed by atoms with Crippen LogP contribution in [0.1, 0.15) is 36.0 Å². The smallest absolute Gasteiger partial charge is 0.247 e. The van der Waals surface area contributed by atoms with E-state index < -0.39 is 6.04 Å². The van der Waals surface area contributed by atoms with Crippen LogP contribution in [0.3, 0.4) is 0 Å². The summed E-state index contributed by atoms with van der Waals surface area (Å²) in [5.41, 5.74) is 3.39. The molecule has 232 valence electrons. The van der Waals surface area contributed by atoms with Gasteiger partial charge in [-0.1, -0.05) is 54.1 Å². The number of ether oxygens (including phenoxy) is 2. The Morgan fingerprint density at radius 3 is 2.52 bits per heavy atom. The molecule has 3 amide bonds. The Balaban J connectivity index is 1.21. The molecule has 1 heterocycles. The normalized spacial score (nSPS) is 16.5. The number of amides is 3. The minimum Gasteiger partial charge on any atom is -0.494 e. The Labute approximate surface area is 263 Å². The fourth-order valence-electron chi connectivity index (χ4n) is 5.29. The molecular weight excluding hydrogens is 580 g/mol. The van der Waals surface area contributed by atoms with E-state index in [4.69, 9.17) is 21.1 Å². The summed E-state index contributed by atoms with van der Waals surface area (Å²) < 4.78 is 11.6. The molecule has 0 radical (unpaired) electrons. The molecule has 10 heteroatoms. The quantitative estimate of drug-likeness (QED) is 0.264. The molecule has 0 aromatic heterocycles. The standard InChI is InChI=1S/C34H39ClN4O5/c1-36-32(40)19-25-8-15-30(35)26(18-25)22-38(27-9-10-27)34(42)31-20-37-21-33(41)39(31)28-11-13-29(14-12-28)44-17-5-16-43-23-24-6-3-2-4-7-24/h2-4,6-8,11-15,18,27,31,37H,5,9-10,16-17,19-23H2,1H3,(H,36,40)/t31-/m1/s1. The third-order valence-corrected chi connectivity index (χ3v) is 8.14. The van der Waals surface area contributed by atoms with Gasteiger partial charge in [-0.3, -0.25) is 19.3 Å². The van der Waals surface area contributed by atoms with Crippen molar-refractivity contribution >= 4 is 35.0 Å². The molecule has 0 bridgehead atoms. The van der Waals surface area contributed by atoms with E-state index in [0.717, 1.165) is 36.0 Å². The Morgan fingerprint density at radius 2 is 1.80 bits per heavy atom. The Hall–Kier alpha value is -3.92. The predicted molar refractivity (Wildman–Crippen MR) is 170 cm³/mol. The molecule has 9 nitrogen and oxygen atoms in total. The summed E-state index contributed by atoms with van der Waals surface area (Å²) in [6.45, 7) is 2.48. The Kier molecular flexibility index (Phi) is 10.9. The lowest BCUT2D eigenvalue weighted by Gasteiger charge is -2.38. The molecule has 0 unspecified atom stereocenters. The molecule has 3 aromatic rings. The number of halogens is 1. The topological polar surface area (TPSA) is 100 Å². The number of hydrogen-bond acceptors (Lipinski definition) is 6. The first-order valence-corrected chi connectivity index (χ1v) is 15.5. The van der Waals surface area contributed by atoms with Crippen LogP contribution in [0, 0.1) is 0 Å². The van der Waals surface area contributed by atoms with Crippen molar-refractivity contribution in [3.05, 3.63) is 94.5 Å². The van der Waals surface area contributed by atoms with Gasteiger partial charge in [0.1, 0.15) is 11.8 Å². The monoisotopic (exact) mass is 618 g/mol. The van der Waals surface area contributed by atoms with E-state index in [2.05, 4.69) is 10.6 Å². The van der Waals surface area contributed by atoms with Crippen LogP contribution in [0.4, 0.5) is 5.69 Å². The fraction of sp³-hybridized carbons (Fsp3) is 0.382. The van der Waals surface area contributed by atoms with Crippen molar-refractivity contribution in [2.75, 3.05) is 38.3 Å². The van der Waals surface area contributed by atoms with Crippen LogP contribution in [0.25, 0.3) is 0 Å². The van der Waals surface area contributed by atoms with Crippen molar-refractivity contribution in [2.45, 2.75) is 50.9 Å². The molecule has 2 fully saturated rings. The zero-order valence-electron chi connectivity index (χ0n) is 25.0. The molecule has 1 aliphatic carbocycles. The van der Waals surface area contributed by atoms with Crippen molar-refractivity contribution in [1.29, 1.82) is 0 Å². The van der Waals surface area contributed by atoms with E-state index >= 15 is 0 Å². The third-order valence-electron chi connectivity index (χ3n) is 7.77. The van der Waals surface area contributed by atoms with Crippen LogP contribution in [0.15, 0.2) is 72.8 Å². The van der Waals surface area contributed by atoms with Gasteiger partial charge in [-0.05, 0) is 59.9 Å². The number of carbonyl (C=O) groups is 3. The average Bonchev–Trinajstić information content (AvgIpc) is 3.89. The summed E-state index contributed by atoms with van der Waals surface area (Å²) in [5.74, 6) is 0.296. The maximum atomic E-state index is 14.1. The van der Waals surface area contributed by atoms with Crippen molar-refractivity contribution in [3.8, 4) is 5.75 Å². The molecule has 3 aromatic carbocycles. The van der Waals surface area contributed by atoms with Crippen LogP contribution < -0.4 is 20.3 Å². The summed E-state index contributed by atoms with van der Waals surface area (Å²) >= 11 is 6.54. The summed E-state index contributed by atoms with van der Waals surface area (Å²) in [7, 11) is 1.60. The lowest BCUT2D eigenvalue weighted by molar-refractivity contribution is -0.136. The maximum absolute atomic E-state index is 14.1. The van der Waals surface area contributed by atoms with Crippen LogP contribution in [0.5, 0.6) is 5.75 Å². The van der Waals surface area contributed by atoms with Gasteiger partial charge in [-0.15, -0.1) is 0 Å². The van der Waals surface area contributed by atoms with Gasteiger partial charge in [0.15, 0.2) is 0 Å². The van der Waals surface area contributed by atoms with Gasteiger partial charge in [-0.2, -0.15) is 0 Å². The summed E-state index contributed by atoms with van der Waals surface area (Å²) in [6.07, 6.45) is 2.78. The van der Waals surface area contributed by atoms with Crippen molar-refractivity contribution in [2.24, 2.45) is 0 Å². The number of carbonyl (C=O) groups excluding carboxylic acids is 3. The largest absolute Gasteiger partial charge is 0.494 e. The van der Waals surface area contributed by atoms with E-state index in [9.17, 15) is 14.4 Å². The highest BCUT2D eigenvalue weighted by Gasteiger charge is 2.41. The van der Waals surface area contributed by atoms with Crippen LogP contribution in [0.2, 0.25) is 5.02 Å². The minimum atomic E-state index is -0.696. The number of nitrogens with one attached hydrogen (secondary N) is 2. The first-order chi connectivity index (χ1) is 21.4. The minimum absolute atomic E-state index is 0.0903. The molecule has 44 heavy (non-hydrogen) atoms. The third kappa shape index (κ3) is 8.37. The van der Waals surface area contributed by atoms with Gasteiger partial charge in [0, 0.05) is 43.3 Å². The van der Waals surface area contributed by atoms with E-state index in [-0.39, 0.29) is 36.7 Å². The molecule has 1 aliphatic heterocycles. The number of benzene rings is 3. The van der Waals surface area contributed by atoms with Crippen LogP contribution in [-0.2, 0) is 38.7 Å². The lowest BCUT2D eigenvalue weighted by atomic mass is 10.1. The number of hydrogen-bond donors (Lipinski definition) is 2. The van der Waals surface area contributed by atoms with E-state index in [1.807, 2.05) is 71.6 Å². The van der Waals surface area contributed by atoms with Crippen molar-refractivity contribution < 1.29 is 23.9 Å². The van der Waals surface area contributed by atoms with Crippen molar-refractivity contribution in [1.82, 2.24) is 15.5 Å². The van der Waals surface area contributed by atoms with Gasteiger partial charge in [0.25, 0.3) is 0 Å². The Morgan fingerprint density at radius 1 is 1.02 bits per heavy atom. The van der Waals surface area contributed by atoms with Crippen LogP contribution >= 0.6 is 11.6 Å². The van der Waals surface area contributed by atoms with Gasteiger partial charge in [-0.25, -0.2) is 0 Å². The molecule has 2 aliphatic rings. The highest BCUT2D eigenvalue weighted by atomic mass is 35.5. The highest BCUT2D eigenvalue weighted by Crippen LogP contribution is 2.33. The second-order valence-corrected chi connectivity index (χ2v) is 11.5. The first kappa shape index (κ1) is 31.5. The van der Waals surface area contributed by atoms with Gasteiger partial charge >= 0.3 is 0 Å². The highest BCUT2D eigenvalue weighted by molar-refractivity contribution is 6.31. The number of anilines is 1. The van der Waals surface area contributed by atoms with E-state index in [0.29, 0.717) is 49.4 Å². The second kappa shape index (κ2) is 15.2. The van der Waals surface area contributed by atoms with Gasteiger partial charge in [0.2, 0.25) is 17.7 Å². The van der Waals surface area contributed by atoms with Gasteiger partial charge < -0.3 is 25.0 Å². The fourth-order valence-corrected chi connectivity index (χ4v) is 5.46. The molecule has 2 N–H and O–H groups in total. The molecular formula is C34H39ClN4O5. The van der Waals surface area contributed by atoms with Crippen LogP contribution in [-0.4, -0.2) is 68.1 Å². The molecule has 5 rings (SSSR count). The van der Waals surface area contributed by atoms with E-state index in [1.54, 1.807) is 18.0 Å². The Bertz CT molecular complexity index is 1430. The zero-order chi connectivity index (χ0) is 30.9. The molecule has 0 spiro atoms. The summed E-state index contributed by atoms with van der Waals surface area (Å²) in [5, 5.41) is 6.29. The molecule has 1 saturated carbocycles. The first-order valence-electron chi connectivity index (χ1n) is 15.1. The maximum Gasteiger partial charge on any atom is 0.247 e. The predicted octanol–water partition coefficient (Wildman–Crippen LogP) is 4.11. The second-order valence-electron chi connectivity index (χ2n) is 11.1. The summed E-state index contributed by atoms with van der Waals surface area (Å²) in [4.78, 5) is 42.6. The van der Waals surface area contributed by atoms with E-state index in [1.165, 1.54) is 0 Å². The molecule has 1 atom stereocenters. The molecule has 1 saturated heterocycles. The number of nitrogens with zero attached hydrogens (tertiary/aromatic N) is 2. The summed E-state index contributed by atoms with van der Waals surface area (Å²) in [6, 6.07) is 22.2. The number of likely N-dealkylation sites (N-methyl/N-ethyl adjacent to an activating group) is 1. The van der Waals surface area contributed by atoms with Gasteiger partial charge in [0.05, 0.1) is 32.8 Å². The zero-order valence-corrected chi connectivity index (χ0v) is 25.7. The number of piperazine rings is 1. The number of rotatable bonds is 14. The lowest BCUT2D eigenvalue weighted by Crippen LogP contribution is -2.61. The SMILES string of the molecule is CNC(=O)Cc1ccc(Cl)c(CN(C(=O)[C@H]2CNCC(=O)N2c2ccc(OCCCOCc3ccccc3)cc2)C2CC2)c1.